The minimum atomic E-state index is 0.0536. The molecule has 90 valence electrons. The molecule has 1 fully saturated rings. The fourth-order valence-corrected chi connectivity index (χ4v) is 2.18. The maximum Gasteiger partial charge on any atom is 0.239 e. The molecular formula is C12H16N4O. The summed E-state index contributed by atoms with van der Waals surface area (Å²) >= 11 is 0. The summed E-state index contributed by atoms with van der Waals surface area (Å²) in [6.45, 7) is 0.306. The third kappa shape index (κ3) is 2.38. The molecule has 0 radical (unpaired) electrons. The third-order valence-corrected chi connectivity index (χ3v) is 3.23. The first kappa shape index (κ1) is 10.5. The van der Waals surface area contributed by atoms with Gasteiger partial charge >= 0.3 is 0 Å². The second-order valence-corrected chi connectivity index (χ2v) is 4.70. The summed E-state index contributed by atoms with van der Waals surface area (Å²) in [5.74, 6) is 0.885. The molecule has 1 amide bonds. The molecule has 1 saturated carbocycles. The number of nitrogens with zero attached hydrogens (tertiary/aromatic N) is 2. The van der Waals surface area contributed by atoms with E-state index in [1.54, 1.807) is 6.33 Å². The molecule has 1 aromatic rings. The lowest BCUT2D eigenvalue weighted by atomic mass is 10.2. The van der Waals surface area contributed by atoms with Crippen molar-refractivity contribution in [2.75, 3.05) is 11.9 Å². The standard InChI is InChI=1S/C12H16N4O/c17-11(16-8-4-5-8)6-13-12-9-2-1-3-10(9)14-7-15-12/h7-8H,1-6H2,(H,16,17)(H,13,14,15). The Labute approximate surface area is 100 Å². The number of hydrogen-bond donors (Lipinski definition) is 2. The van der Waals surface area contributed by atoms with Gasteiger partial charge in [0.25, 0.3) is 0 Å². The molecule has 17 heavy (non-hydrogen) atoms. The molecule has 2 N–H and O–H groups in total. The Morgan fingerprint density at radius 1 is 1.35 bits per heavy atom. The predicted octanol–water partition coefficient (Wildman–Crippen LogP) is 0.656. The van der Waals surface area contributed by atoms with Crippen LogP contribution >= 0.6 is 0 Å². The van der Waals surface area contributed by atoms with E-state index in [0.29, 0.717) is 12.6 Å². The molecule has 0 bridgehead atoms. The van der Waals surface area contributed by atoms with E-state index >= 15 is 0 Å². The summed E-state index contributed by atoms with van der Waals surface area (Å²) in [7, 11) is 0. The summed E-state index contributed by atoms with van der Waals surface area (Å²) in [5.41, 5.74) is 2.32. The Bertz CT molecular complexity index is 442. The average molecular weight is 232 g/mol. The highest BCUT2D eigenvalue weighted by Crippen LogP contribution is 2.24. The molecule has 2 aliphatic rings. The second-order valence-electron chi connectivity index (χ2n) is 4.70. The van der Waals surface area contributed by atoms with Gasteiger partial charge in [-0.15, -0.1) is 0 Å². The van der Waals surface area contributed by atoms with Crippen molar-refractivity contribution in [3.63, 3.8) is 0 Å². The highest BCUT2D eigenvalue weighted by Gasteiger charge is 2.23. The minimum absolute atomic E-state index is 0.0536. The van der Waals surface area contributed by atoms with Gasteiger partial charge in [0.1, 0.15) is 12.1 Å². The monoisotopic (exact) mass is 232 g/mol. The quantitative estimate of drug-likeness (QED) is 0.800. The van der Waals surface area contributed by atoms with Crippen molar-refractivity contribution in [2.45, 2.75) is 38.1 Å². The first-order valence-corrected chi connectivity index (χ1v) is 6.19. The fourth-order valence-electron chi connectivity index (χ4n) is 2.18. The SMILES string of the molecule is O=C(CNc1ncnc2c1CCC2)NC1CC1. The summed E-state index contributed by atoms with van der Waals surface area (Å²) in [4.78, 5) is 20.0. The van der Waals surface area contributed by atoms with Gasteiger partial charge in [-0.05, 0) is 32.1 Å². The molecule has 0 aromatic carbocycles. The van der Waals surface area contributed by atoms with Crippen molar-refractivity contribution in [3.05, 3.63) is 17.6 Å². The molecule has 2 aliphatic carbocycles. The predicted molar refractivity (Wildman–Crippen MR) is 63.7 cm³/mol. The van der Waals surface area contributed by atoms with Gasteiger partial charge in [0.15, 0.2) is 0 Å². The van der Waals surface area contributed by atoms with E-state index in [0.717, 1.165) is 43.6 Å². The Morgan fingerprint density at radius 2 is 2.24 bits per heavy atom. The van der Waals surface area contributed by atoms with Crippen molar-refractivity contribution >= 4 is 11.7 Å². The van der Waals surface area contributed by atoms with Crippen LogP contribution in [0.2, 0.25) is 0 Å². The Kier molecular flexibility index (Phi) is 2.66. The fraction of sp³-hybridized carbons (Fsp3) is 0.583. The molecule has 1 heterocycles. The van der Waals surface area contributed by atoms with Crippen molar-refractivity contribution in [3.8, 4) is 0 Å². The number of fused-ring (bicyclic) bond motifs is 1. The van der Waals surface area contributed by atoms with Gasteiger partial charge in [0.2, 0.25) is 5.91 Å². The Balaban J connectivity index is 1.61. The zero-order chi connectivity index (χ0) is 11.7. The molecule has 0 spiro atoms. The molecule has 5 heteroatoms. The molecule has 1 aromatic heterocycles. The molecule has 0 aliphatic heterocycles. The molecule has 0 atom stereocenters. The number of carbonyl (C=O) groups excluding carboxylic acids is 1. The van der Waals surface area contributed by atoms with Gasteiger partial charge < -0.3 is 10.6 Å². The van der Waals surface area contributed by atoms with Crippen LogP contribution in [-0.4, -0.2) is 28.5 Å². The molecule has 0 unspecified atom stereocenters. The zero-order valence-electron chi connectivity index (χ0n) is 9.70. The van der Waals surface area contributed by atoms with E-state index in [1.165, 1.54) is 5.56 Å². The molecule has 0 saturated heterocycles. The summed E-state index contributed by atoms with van der Waals surface area (Å²) in [5, 5.41) is 6.06. The third-order valence-electron chi connectivity index (χ3n) is 3.23. The lowest BCUT2D eigenvalue weighted by molar-refractivity contribution is -0.119. The van der Waals surface area contributed by atoms with Gasteiger partial charge in [-0.1, -0.05) is 0 Å². The second kappa shape index (κ2) is 4.31. The summed E-state index contributed by atoms with van der Waals surface area (Å²) in [6, 6.07) is 0.417. The lowest BCUT2D eigenvalue weighted by Gasteiger charge is -2.09. The van der Waals surface area contributed by atoms with Crippen LogP contribution < -0.4 is 10.6 Å². The first-order chi connectivity index (χ1) is 8.33. The zero-order valence-corrected chi connectivity index (χ0v) is 9.70. The van der Waals surface area contributed by atoms with Crippen LogP contribution in [0.1, 0.15) is 30.5 Å². The Hall–Kier alpha value is -1.65. The largest absolute Gasteiger partial charge is 0.361 e. The number of anilines is 1. The lowest BCUT2D eigenvalue weighted by Crippen LogP contribution is -2.31. The summed E-state index contributed by atoms with van der Waals surface area (Å²) < 4.78 is 0. The van der Waals surface area contributed by atoms with Crippen LogP contribution in [-0.2, 0) is 17.6 Å². The molecule has 5 nitrogen and oxygen atoms in total. The van der Waals surface area contributed by atoms with E-state index in [4.69, 9.17) is 0 Å². The van der Waals surface area contributed by atoms with Gasteiger partial charge in [0.05, 0.1) is 6.54 Å². The van der Waals surface area contributed by atoms with E-state index in [-0.39, 0.29) is 5.91 Å². The number of nitrogens with one attached hydrogen (secondary N) is 2. The van der Waals surface area contributed by atoms with Gasteiger partial charge in [0, 0.05) is 17.3 Å². The maximum absolute atomic E-state index is 11.5. The van der Waals surface area contributed by atoms with Crippen LogP contribution in [0.4, 0.5) is 5.82 Å². The maximum atomic E-state index is 11.5. The molecular weight excluding hydrogens is 216 g/mol. The van der Waals surface area contributed by atoms with Crippen molar-refractivity contribution in [2.24, 2.45) is 0 Å². The number of aromatic nitrogens is 2. The van der Waals surface area contributed by atoms with E-state index in [9.17, 15) is 4.79 Å². The first-order valence-electron chi connectivity index (χ1n) is 6.19. The minimum Gasteiger partial charge on any atom is -0.361 e. The van der Waals surface area contributed by atoms with Crippen LogP contribution in [0.15, 0.2) is 6.33 Å². The van der Waals surface area contributed by atoms with Crippen molar-refractivity contribution in [1.82, 2.24) is 15.3 Å². The molecule has 3 rings (SSSR count). The summed E-state index contributed by atoms with van der Waals surface area (Å²) in [6.07, 6.45) is 7.00. The van der Waals surface area contributed by atoms with Crippen LogP contribution in [0, 0.1) is 0 Å². The van der Waals surface area contributed by atoms with Crippen LogP contribution in [0.5, 0.6) is 0 Å². The van der Waals surface area contributed by atoms with E-state index in [1.807, 2.05) is 0 Å². The number of rotatable bonds is 4. The van der Waals surface area contributed by atoms with E-state index in [2.05, 4.69) is 20.6 Å². The average Bonchev–Trinajstić information content (AvgIpc) is 3.00. The highest BCUT2D eigenvalue weighted by atomic mass is 16.2. The topological polar surface area (TPSA) is 66.9 Å². The van der Waals surface area contributed by atoms with Gasteiger partial charge in [-0.3, -0.25) is 4.79 Å². The van der Waals surface area contributed by atoms with E-state index < -0.39 is 0 Å². The highest BCUT2D eigenvalue weighted by molar-refractivity contribution is 5.81. The normalized spacial score (nSPS) is 17.6. The van der Waals surface area contributed by atoms with Crippen molar-refractivity contribution < 1.29 is 4.79 Å². The number of aryl methyl sites for hydroxylation is 1. The number of hydrogen-bond acceptors (Lipinski definition) is 4. The Morgan fingerprint density at radius 3 is 3.06 bits per heavy atom. The van der Waals surface area contributed by atoms with Crippen LogP contribution in [0.25, 0.3) is 0 Å². The van der Waals surface area contributed by atoms with Crippen LogP contribution in [0.3, 0.4) is 0 Å². The smallest absolute Gasteiger partial charge is 0.239 e. The number of carbonyl (C=O) groups is 1. The van der Waals surface area contributed by atoms with Gasteiger partial charge in [-0.2, -0.15) is 0 Å². The van der Waals surface area contributed by atoms with Crippen molar-refractivity contribution in [1.29, 1.82) is 0 Å². The van der Waals surface area contributed by atoms with Gasteiger partial charge in [-0.25, -0.2) is 9.97 Å². The number of amides is 1.